The number of rotatable bonds is 7. The molecule has 8 nitrogen and oxygen atoms in total. The predicted molar refractivity (Wildman–Crippen MR) is 127 cm³/mol. The predicted octanol–water partition coefficient (Wildman–Crippen LogP) is 3.98. The third kappa shape index (κ3) is 9.24. The van der Waals surface area contributed by atoms with E-state index in [0.717, 1.165) is 23.6 Å². The molecule has 2 aromatic carbocycles. The minimum absolute atomic E-state index is 0.278. The van der Waals surface area contributed by atoms with E-state index >= 15 is 0 Å². The summed E-state index contributed by atoms with van der Waals surface area (Å²) in [6.45, 7) is 6.41. The summed E-state index contributed by atoms with van der Waals surface area (Å²) in [4.78, 5) is 26.9. The molecule has 8 heteroatoms. The first kappa shape index (κ1) is 25.7. The van der Waals surface area contributed by atoms with Gasteiger partial charge in [-0.2, -0.15) is 4.98 Å². The van der Waals surface area contributed by atoms with E-state index in [-0.39, 0.29) is 6.54 Å². The van der Waals surface area contributed by atoms with Gasteiger partial charge < -0.3 is 19.5 Å². The van der Waals surface area contributed by atoms with Crippen molar-refractivity contribution in [1.82, 2.24) is 20.4 Å². The molecule has 1 aliphatic rings. The van der Waals surface area contributed by atoms with E-state index in [1.807, 2.05) is 43.3 Å². The van der Waals surface area contributed by atoms with Gasteiger partial charge in [0.2, 0.25) is 6.41 Å². The molecular formula is C25H32N4O4. The molecule has 1 atom stereocenters. The maximum atomic E-state index is 10.3. The summed E-state index contributed by atoms with van der Waals surface area (Å²) in [6, 6.07) is 17.4. The molecule has 1 N–H and O–H groups in total. The van der Waals surface area contributed by atoms with Gasteiger partial charge in [0.05, 0.1) is 13.2 Å². The number of nitrogens with zero attached hydrogens (tertiary/aromatic N) is 3. The molecule has 33 heavy (non-hydrogen) atoms. The number of hydrogen-bond acceptors (Lipinski definition) is 7. The highest BCUT2D eigenvalue weighted by Crippen LogP contribution is 2.16. The van der Waals surface area contributed by atoms with Crippen LogP contribution in [0, 0.1) is 0 Å². The zero-order valence-corrected chi connectivity index (χ0v) is 19.4. The SMILES string of the molecule is CC1CCCN1C.CCOc1cccc(C=O)c1.O=CNCc1noc(-c2ccccc2)n1. The van der Waals surface area contributed by atoms with Gasteiger partial charge in [-0.05, 0) is 64.5 Å². The van der Waals surface area contributed by atoms with Crippen molar-refractivity contribution in [3.63, 3.8) is 0 Å². The Kier molecular flexibility index (Phi) is 11.3. The fraction of sp³-hybridized carbons (Fsp3) is 0.360. The van der Waals surface area contributed by atoms with E-state index < -0.39 is 0 Å². The maximum Gasteiger partial charge on any atom is 0.257 e. The van der Waals surface area contributed by atoms with Crippen LogP contribution >= 0.6 is 0 Å². The summed E-state index contributed by atoms with van der Waals surface area (Å²) >= 11 is 0. The Balaban J connectivity index is 0.000000188. The second kappa shape index (κ2) is 14.5. The van der Waals surface area contributed by atoms with Crippen molar-refractivity contribution in [2.24, 2.45) is 0 Å². The number of hydrogen-bond donors (Lipinski definition) is 1. The maximum absolute atomic E-state index is 10.3. The van der Waals surface area contributed by atoms with E-state index in [4.69, 9.17) is 9.26 Å². The van der Waals surface area contributed by atoms with Crippen molar-refractivity contribution in [2.75, 3.05) is 20.2 Å². The second-order valence-corrected chi connectivity index (χ2v) is 7.48. The highest BCUT2D eigenvalue weighted by molar-refractivity contribution is 5.75. The van der Waals surface area contributed by atoms with Crippen molar-refractivity contribution in [3.05, 3.63) is 66.0 Å². The third-order valence-electron chi connectivity index (χ3n) is 5.02. The Labute approximate surface area is 194 Å². The lowest BCUT2D eigenvalue weighted by Gasteiger charge is -2.12. The molecule has 3 aromatic rings. The van der Waals surface area contributed by atoms with Crippen LogP contribution in [0.1, 0.15) is 42.9 Å². The number of aromatic nitrogens is 2. The molecule has 1 unspecified atom stereocenters. The average Bonchev–Trinajstić information content (AvgIpc) is 3.48. The highest BCUT2D eigenvalue weighted by Gasteiger charge is 2.14. The molecule has 0 bridgehead atoms. The number of amides is 1. The van der Waals surface area contributed by atoms with Crippen LogP contribution in [-0.4, -0.2) is 54.0 Å². The summed E-state index contributed by atoms with van der Waals surface area (Å²) in [5.41, 5.74) is 1.51. The highest BCUT2D eigenvalue weighted by atomic mass is 16.5. The van der Waals surface area contributed by atoms with Crippen molar-refractivity contribution >= 4 is 12.7 Å². The number of carbonyl (C=O) groups excluding carboxylic acids is 2. The zero-order chi connectivity index (χ0) is 23.9. The minimum atomic E-state index is 0.278. The Morgan fingerprint density at radius 1 is 1.18 bits per heavy atom. The fourth-order valence-electron chi connectivity index (χ4n) is 3.08. The van der Waals surface area contributed by atoms with Crippen LogP contribution in [0.2, 0.25) is 0 Å². The minimum Gasteiger partial charge on any atom is -0.494 e. The molecule has 176 valence electrons. The lowest BCUT2D eigenvalue weighted by atomic mass is 10.2. The van der Waals surface area contributed by atoms with Crippen LogP contribution < -0.4 is 10.1 Å². The Bertz CT molecular complexity index is 954. The average molecular weight is 453 g/mol. The normalized spacial score (nSPS) is 14.8. The van der Waals surface area contributed by atoms with Gasteiger partial charge in [0.1, 0.15) is 12.0 Å². The molecule has 0 saturated carbocycles. The standard InChI is InChI=1S/C10H9N3O2.C9H10O2.C6H13N/c14-7-11-6-9-12-10(15-13-9)8-4-2-1-3-5-8;1-2-11-9-5-3-4-8(6-9)7-10;1-6-4-3-5-7(6)2/h1-5,7H,6H2,(H,11,14);3-7H,2H2,1H3;6H,3-5H2,1-2H3. The van der Waals surface area contributed by atoms with Gasteiger partial charge in [0, 0.05) is 17.2 Å². The van der Waals surface area contributed by atoms with Gasteiger partial charge in [-0.15, -0.1) is 0 Å². The summed E-state index contributed by atoms with van der Waals surface area (Å²) in [5, 5.41) is 6.19. The Morgan fingerprint density at radius 3 is 2.55 bits per heavy atom. The van der Waals surface area contributed by atoms with E-state index in [2.05, 4.69) is 34.3 Å². The van der Waals surface area contributed by atoms with Crippen LogP contribution in [0.5, 0.6) is 5.75 Å². The van der Waals surface area contributed by atoms with Crippen LogP contribution in [0.4, 0.5) is 0 Å². The number of likely N-dealkylation sites (tertiary alicyclic amines) is 1. The molecule has 0 spiro atoms. The van der Waals surface area contributed by atoms with Gasteiger partial charge in [-0.25, -0.2) is 0 Å². The van der Waals surface area contributed by atoms with Gasteiger partial charge in [-0.3, -0.25) is 9.59 Å². The fourth-order valence-corrected chi connectivity index (χ4v) is 3.08. The molecule has 0 radical (unpaired) electrons. The van der Waals surface area contributed by atoms with Crippen LogP contribution in [-0.2, 0) is 11.3 Å². The number of ether oxygens (including phenoxy) is 1. The number of nitrogens with one attached hydrogen (secondary N) is 1. The van der Waals surface area contributed by atoms with Gasteiger partial charge in [0.25, 0.3) is 5.89 Å². The van der Waals surface area contributed by atoms with E-state index in [0.29, 0.717) is 30.3 Å². The number of carbonyl (C=O) groups is 2. The van der Waals surface area contributed by atoms with Crippen molar-refractivity contribution in [3.8, 4) is 17.2 Å². The topological polar surface area (TPSA) is 97.6 Å². The first-order valence-electron chi connectivity index (χ1n) is 11.0. The van der Waals surface area contributed by atoms with Crippen LogP contribution in [0.15, 0.2) is 59.1 Å². The molecule has 1 amide bonds. The van der Waals surface area contributed by atoms with Gasteiger partial charge >= 0.3 is 0 Å². The molecule has 1 aliphatic heterocycles. The number of aldehydes is 1. The summed E-state index contributed by atoms with van der Waals surface area (Å²) in [7, 11) is 2.19. The van der Waals surface area contributed by atoms with Crippen LogP contribution in [0.3, 0.4) is 0 Å². The van der Waals surface area contributed by atoms with Crippen molar-refractivity contribution in [1.29, 1.82) is 0 Å². The summed E-state index contributed by atoms with van der Waals surface area (Å²) in [5.74, 6) is 1.66. The van der Waals surface area contributed by atoms with Crippen molar-refractivity contribution in [2.45, 2.75) is 39.3 Å². The molecule has 0 aliphatic carbocycles. The second-order valence-electron chi connectivity index (χ2n) is 7.48. The lowest BCUT2D eigenvalue weighted by Crippen LogP contribution is -2.20. The van der Waals surface area contributed by atoms with E-state index in [1.54, 1.807) is 18.2 Å². The summed E-state index contributed by atoms with van der Waals surface area (Å²) < 4.78 is 10.2. The number of benzene rings is 2. The van der Waals surface area contributed by atoms with E-state index in [1.165, 1.54) is 19.4 Å². The monoisotopic (exact) mass is 452 g/mol. The third-order valence-corrected chi connectivity index (χ3v) is 5.02. The molecule has 1 fully saturated rings. The molecular weight excluding hydrogens is 420 g/mol. The van der Waals surface area contributed by atoms with Gasteiger partial charge in [0.15, 0.2) is 5.82 Å². The molecule has 1 aromatic heterocycles. The summed E-state index contributed by atoms with van der Waals surface area (Å²) in [6.07, 6.45) is 4.20. The molecule has 1 saturated heterocycles. The van der Waals surface area contributed by atoms with Gasteiger partial charge in [-0.1, -0.05) is 35.5 Å². The zero-order valence-electron chi connectivity index (χ0n) is 19.4. The molecule has 4 rings (SSSR count). The molecule has 2 heterocycles. The van der Waals surface area contributed by atoms with Crippen molar-refractivity contribution < 1.29 is 18.8 Å². The lowest BCUT2D eigenvalue weighted by molar-refractivity contribution is -0.109. The Morgan fingerprint density at radius 2 is 1.97 bits per heavy atom. The Hall–Kier alpha value is -3.52. The smallest absolute Gasteiger partial charge is 0.257 e. The largest absolute Gasteiger partial charge is 0.494 e. The van der Waals surface area contributed by atoms with E-state index in [9.17, 15) is 9.59 Å². The van der Waals surface area contributed by atoms with Crippen LogP contribution in [0.25, 0.3) is 11.5 Å². The first-order chi connectivity index (χ1) is 16.1. The quantitative estimate of drug-likeness (QED) is 0.542. The first-order valence-corrected chi connectivity index (χ1v) is 11.0.